The van der Waals surface area contributed by atoms with Crippen LogP contribution in [-0.2, 0) is 9.59 Å². The molecule has 3 rings (SSSR count). The molecule has 1 saturated heterocycles. The van der Waals surface area contributed by atoms with Crippen molar-refractivity contribution in [3.63, 3.8) is 0 Å². The SMILES string of the molecule is CCN(C(C)=O)c1nc(C=C2SC(=Nc3c(C)cccc3C)NC2=O)cs1. The molecule has 0 atom stereocenters. The van der Waals surface area contributed by atoms with Crippen molar-refractivity contribution in [2.45, 2.75) is 27.7 Å². The number of amidine groups is 1. The third kappa shape index (κ3) is 4.28. The number of anilines is 1. The number of para-hydroxylation sites is 1. The molecule has 0 radical (unpaired) electrons. The second-order valence-corrected chi connectivity index (χ2v) is 7.91. The Morgan fingerprint density at radius 3 is 2.67 bits per heavy atom. The molecule has 0 aliphatic carbocycles. The Kier molecular flexibility index (Phi) is 5.76. The van der Waals surface area contributed by atoms with Crippen molar-refractivity contribution in [2.24, 2.45) is 4.99 Å². The van der Waals surface area contributed by atoms with Crippen molar-refractivity contribution in [3.8, 4) is 0 Å². The van der Waals surface area contributed by atoms with Gasteiger partial charge in [-0.15, -0.1) is 11.3 Å². The maximum atomic E-state index is 12.3. The Bertz CT molecular complexity index is 942. The Balaban J connectivity index is 1.83. The molecule has 2 amide bonds. The number of aromatic nitrogens is 1. The number of nitrogens with zero attached hydrogens (tertiary/aromatic N) is 3. The number of carbonyl (C=O) groups excluding carboxylic acids is 2. The highest BCUT2D eigenvalue weighted by Crippen LogP contribution is 2.31. The number of carbonyl (C=O) groups is 2. The molecule has 0 saturated carbocycles. The number of amides is 2. The van der Waals surface area contributed by atoms with Gasteiger partial charge in [0.25, 0.3) is 5.91 Å². The fourth-order valence-corrected chi connectivity index (χ4v) is 4.36. The van der Waals surface area contributed by atoms with Crippen molar-refractivity contribution >= 4 is 57.0 Å². The molecule has 1 aromatic heterocycles. The smallest absolute Gasteiger partial charge is 0.264 e. The zero-order valence-electron chi connectivity index (χ0n) is 15.6. The molecule has 1 fully saturated rings. The first kappa shape index (κ1) is 19.3. The van der Waals surface area contributed by atoms with Gasteiger partial charge in [-0.05, 0) is 49.7 Å². The summed E-state index contributed by atoms with van der Waals surface area (Å²) in [6.07, 6.45) is 1.72. The van der Waals surface area contributed by atoms with E-state index in [4.69, 9.17) is 0 Å². The highest BCUT2D eigenvalue weighted by Gasteiger charge is 2.25. The van der Waals surface area contributed by atoms with E-state index in [1.807, 2.05) is 44.4 Å². The van der Waals surface area contributed by atoms with Crippen LogP contribution in [0, 0.1) is 13.8 Å². The van der Waals surface area contributed by atoms with Gasteiger partial charge in [-0.2, -0.15) is 0 Å². The summed E-state index contributed by atoms with van der Waals surface area (Å²) in [5, 5.41) is 5.82. The lowest BCUT2D eigenvalue weighted by atomic mass is 10.1. The minimum atomic E-state index is -0.196. The predicted octanol–water partition coefficient (Wildman–Crippen LogP) is 4.02. The average Bonchev–Trinajstić information content (AvgIpc) is 3.19. The van der Waals surface area contributed by atoms with Crippen LogP contribution in [0.5, 0.6) is 0 Å². The van der Waals surface area contributed by atoms with Gasteiger partial charge in [-0.1, -0.05) is 18.2 Å². The number of thioether (sulfide) groups is 1. The van der Waals surface area contributed by atoms with Crippen molar-refractivity contribution in [2.75, 3.05) is 11.4 Å². The molecular weight excluding hydrogens is 380 g/mol. The summed E-state index contributed by atoms with van der Waals surface area (Å²) in [6, 6.07) is 5.98. The number of benzene rings is 1. The van der Waals surface area contributed by atoms with Crippen molar-refractivity contribution in [1.29, 1.82) is 0 Å². The average molecular weight is 401 g/mol. The van der Waals surface area contributed by atoms with Gasteiger partial charge in [-0.3, -0.25) is 14.5 Å². The standard InChI is InChI=1S/C19H20N4O2S2/c1-5-23(13(4)24)19-20-14(10-26-19)9-15-17(25)22-18(27-15)21-16-11(2)7-6-8-12(16)3/h6-10H,5H2,1-4H3,(H,21,22,25). The van der Waals surface area contributed by atoms with Gasteiger partial charge in [0.05, 0.1) is 16.3 Å². The Morgan fingerprint density at radius 1 is 1.33 bits per heavy atom. The van der Waals surface area contributed by atoms with Crippen molar-refractivity contribution < 1.29 is 9.59 Å². The van der Waals surface area contributed by atoms with Crippen LogP contribution in [0.2, 0.25) is 0 Å². The summed E-state index contributed by atoms with van der Waals surface area (Å²) < 4.78 is 0. The van der Waals surface area contributed by atoms with Crippen molar-refractivity contribution in [3.05, 3.63) is 45.3 Å². The highest BCUT2D eigenvalue weighted by molar-refractivity contribution is 8.18. The van der Waals surface area contributed by atoms with Crippen LogP contribution in [0.4, 0.5) is 10.8 Å². The van der Waals surface area contributed by atoms with E-state index in [2.05, 4.69) is 15.3 Å². The largest absolute Gasteiger partial charge is 0.300 e. The predicted molar refractivity (Wildman–Crippen MR) is 113 cm³/mol. The van der Waals surface area contributed by atoms with E-state index in [9.17, 15) is 9.59 Å². The Hall–Kier alpha value is -2.45. The lowest BCUT2D eigenvalue weighted by molar-refractivity contribution is -0.116. The monoisotopic (exact) mass is 400 g/mol. The number of aliphatic imine (C=N–C) groups is 1. The van der Waals surface area contributed by atoms with Crippen LogP contribution in [0.3, 0.4) is 0 Å². The molecule has 1 N–H and O–H groups in total. The second kappa shape index (κ2) is 8.06. The van der Waals surface area contributed by atoms with E-state index in [-0.39, 0.29) is 11.8 Å². The lowest BCUT2D eigenvalue weighted by Gasteiger charge is -2.14. The summed E-state index contributed by atoms with van der Waals surface area (Å²) in [4.78, 5) is 35.1. The highest BCUT2D eigenvalue weighted by atomic mass is 32.2. The van der Waals surface area contributed by atoms with E-state index >= 15 is 0 Å². The van der Waals surface area contributed by atoms with Gasteiger partial charge in [0.2, 0.25) is 5.91 Å². The quantitative estimate of drug-likeness (QED) is 0.787. The summed E-state index contributed by atoms with van der Waals surface area (Å²) in [6.45, 7) is 7.96. The van der Waals surface area contributed by atoms with E-state index < -0.39 is 0 Å². The zero-order chi connectivity index (χ0) is 19.6. The van der Waals surface area contributed by atoms with Crippen LogP contribution in [0.1, 0.15) is 30.7 Å². The van der Waals surface area contributed by atoms with Gasteiger partial charge in [0, 0.05) is 18.8 Å². The van der Waals surface area contributed by atoms with Gasteiger partial charge in [0.1, 0.15) is 0 Å². The molecular formula is C19H20N4O2S2. The van der Waals surface area contributed by atoms with Crippen LogP contribution < -0.4 is 10.2 Å². The molecule has 6 nitrogen and oxygen atoms in total. The molecule has 140 valence electrons. The van der Waals surface area contributed by atoms with Gasteiger partial charge in [0.15, 0.2) is 10.3 Å². The molecule has 1 aliphatic heterocycles. The molecule has 0 bridgehead atoms. The molecule has 0 unspecified atom stereocenters. The number of rotatable bonds is 4. The molecule has 2 aromatic rings. The Morgan fingerprint density at radius 2 is 2.04 bits per heavy atom. The lowest BCUT2D eigenvalue weighted by Crippen LogP contribution is -2.27. The summed E-state index contributed by atoms with van der Waals surface area (Å²) in [5.41, 5.74) is 3.64. The maximum Gasteiger partial charge on any atom is 0.264 e. The Labute approximate surface area is 166 Å². The summed E-state index contributed by atoms with van der Waals surface area (Å²) in [5.74, 6) is -0.250. The maximum absolute atomic E-state index is 12.3. The minimum Gasteiger partial charge on any atom is -0.300 e. The molecule has 27 heavy (non-hydrogen) atoms. The normalized spacial score (nSPS) is 16.8. The van der Waals surface area contributed by atoms with E-state index in [1.54, 1.807) is 11.0 Å². The fourth-order valence-electron chi connectivity index (χ4n) is 2.66. The number of aryl methyl sites for hydroxylation is 2. The van der Waals surface area contributed by atoms with E-state index in [1.165, 1.54) is 30.0 Å². The molecule has 1 aliphatic rings. The van der Waals surface area contributed by atoms with Crippen LogP contribution in [0.15, 0.2) is 33.5 Å². The number of hydrogen-bond donors (Lipinski definition) is 1. The first-order chi connectivity index (χ1) is 12.9. The zero-order valence-corrected chi connectivity index (χ0v) is 17.2. The van der Waals surface area contributed by atoms with Gasteiger partial charge >= 0.3 is 0 Å². The number of nitrogens with one attached hydrogen (secondary N) is 1. The third-order valence-electron chi connectivity index (χ3n) is 4.02. The third-order valence-corrected chi connectivity index (χ3v) is 5.81. The van der Waals surface area contributed by atoms with Crippen LogP contribution in [-0.4, -0.2) is 28.5 Å². The number of thiazole rings is 1. The van der Waals surface area contributed by atoms with E-state index in [0.29, 0.717) is 27.4 Å². The van der Waals surface area contributed by atoms with Gasteiger partial charge in [-0.25, -0.2) is 9.98 Å². The van der Waals surface area contributed by atoms with Crippen molar-refractivity contribution in [1.82, 2.24) is 10.3 Å². The second-order valence-electron chi connectivity index (χ2n) is 6.04. The molecule has 0 spiro atoms. The molecule has 1 aromatic carbocycles. The van der Waals surface area contributed by atoms with Gasteiger partial charge < -0.3 is 5.32 Å². The minimum absolute atomic E-state index is 0.0537. The summed E-state index contributed by atoms with van der Waals surface area (Å²) >= 11 is 2.67. The first-order valence-electron chi connectivity index (χ1n) is 8.48. The number of hydrogen-bond acceptors (Lipinski definition) is 6. The van der Waals surface area contributed by atoms with E-state index in [0.717, 1.165) is 16.8 Å². The molecule has 2 heterocycles. The topological polar surface area (TPSA) is 74.7 Å². The summed E-state index contributed by atoms with van der Waals surface area (Å²) in [7, 11) is 0. The van der Waals surface area contributed by atoms with Crippen LogP contribution >= 0.6 is 23.1 Å². The van der Waals surface area contributed by atoms with Crippen LogP contribution in [0.25, 0.3) is 6.08 Å². The fraction of sp³-hybridized carbons (Fsp3) is 0.263. The first-order valence-corrected chi connectivity index (χ1v) is 10.2. The molecule has 8 heteroatoms.